The predicted octanol–water partition coefficient (Wildman–Crippen LogP) is 3.33. The third-order valence-corrected chi connectivity index (χ3v) is 6.36. The topological polar surface area (TPSA) is 63.6 Å². The highest BCUT2D eigenvalue weighted by molar-refractivity contribution is 7.95. The monoisotopic (exact) mass is 358 g/mol. The van der Waals surface area contributed by atoms with E-state index in [1.807, 2.05) is 30.3 Å². The SMILES string of the molecule is O=S(=O)(C1=CC[C@H](COCc2ccccc2)[C@@H](O)C1)c1ccccc1. The van der Waals surface area contributed by atoms with Crippen molar-refractivity contribution < 1.29 is 18.3 Å². The van der Waals surface area contributed by atoms with Gasteiger partial charge in [0.15, 0.2) is 0 Å². The molecule has 0 aliphatic heterocycles. The smallest absolute Gasteiger partial charge is 0.202 e. The first kappa shape index (κ1) is 17.9. The van der Waals surface area contributed by atoms with E-state index < -0.39 is 15.9 Å². The second kappa shape index (κ2) is 7.95. The molecule has 1 N–H and O–H groups in total. The number of benzene rings is 2. The lowest BCUT2D eigenvalue weighted by Gasteiger charge is -2.27. The van der Waals surface area contributed by atoms with Crippen LogP contribution in [0.1, 0.15) is 18.4 Å². The molecule has 5 heteroatoms. The van der Waals surface area contributed by atoms with E-state index in [0.717, 1.165) is 5.56 Å². The van der Waals surface area contributed by atoms with Gasteiger partial charge in [-0.1, -0.05) is 54.6 Å². The van der Waals surface area contributed by atoms with Crippen LogP contribution in [0.2, 0.25) is 0 Å². The summed E-state index contributed by atoms with van der Waals surface area (Å²) < 4.78 is 31.0. The van der Waals surface area contributed by atoms with Gasteiger partial charge in [0.05, 0.1) is 24.2 Å². The van der Waals surface area contributed by atoms with Crippen LogP contribution in [0.3, 0.4) is 0 Å². The van der Waals surface area contributed by atoms with Gasteiger partial charge in [0.25, 0.3) is 0 Å². The summed E-state index contributed by atoms with van der Waals surface area (Å²) in [7, 11) is -3.52. The summed E-state index contributed by atoms with van der Waals surface area (Å²) in [5, 5.41) is 10.4. The van der Waals surface area contributed by atoms with E-state index >= 15 is 0 Å². The molecule has 1 aliphatic carbocycles. The zero-order valence-corrected chi connectivity index (χ0v) is 14.7. The van der Waals surface area contributed by atoms with Gasteiger partial charge < -0.3 is 9.84 Å². The molecule has 25 heavy (non-hydrogen) atoms. The summed E-state index contributed by atoms with van der Waals surface area (Å²) >= 11 is 0. The molecule has 0 radical (unpaired) electrons. The van der Waals surface area contributed by atoms with Crippen LogP contribution in [0.15, 0.2) is 76.5 Å². The molecule has 0 aromatic heterocycles. The Morgan fingerprint density at radius 1 is 1.00 bits per heavy atom. The molecule has 0 spiro atoms. The molecule has 132 valence electrons. The maximum atomic E-state index is 12.6. The van der Waals surface area contributed by atoms with Crippen LogP contribution in [0.4, 0.5) is 0 Å². The van der Waals surface area contributed by atoms with Gasteiger partial charge in [0.1, 0.15) is 0 Å². The van der Waals surface area contributed by atoms with Gasteiger partial charge >= 0.3 is 0 Å². The minimum absolute atomic E-state index is 0.0848. The van der Waals surface area contributed by atoms with E-state index in [9.17, 15) is 13.5 Å². The first-order valence-corrected chi connectivity index (χ1v) is 9.84. The molecule has 0 saturated heterocycles. The standard InChI is InChI=1S/C20H22O4S/c21-20-13-19(25(22,23)18-9-5-2-6-10-18)12-11-17(20)15-24-14-16-7-3-1-4-8-16/h1-10,12,17,20-21H,11,13-15H2/t17-,20+/m1/s1. The minimum atomic E-state index is -3.52. The Morgan fingerprint density at radius 3 is 2.28 bits per heavy atom. The highest BCUT2D eigenvalue weighted by Gasteiger charge is 2.30. The van der Waals surface area contributed by atoms with Crippen molar-refractivity contribution in [3.05, 3.63) is 77.2 Å². The molecule has 2 atom stereocenters. The lowest BCUT2D eigenvalue weighted by Crippen LogP contribution is -2.29. The minimum Gasteiger partial charge on any atom is -0.392 e. The molecule has 4 nitrogen and oxygen atoms in total. The number of aliphatic hydroxyl groups excluding tert-OH is 1. The molecule has 0 unspecified atom stereocenters. The second-order valence-corrected chi connectivity index (χ2v) is 8.26. The van der Waals surface area contributed by atoms with Gasteiger partial charge in [-0.3, -0.25) is 0 Å². The fraction of sp³-hybridized carbons (Fsp3) is 0.300. The van der Waals surface area contributed by atoms with Crippen LogP contribution in [0, 0.1) is 5.92 Å². The summed E-state index contributed by atoms with van der Waals surface area (Å²) in [4.78, 5) is 0.567. The largest absolute Gasteiger partial charge is 0.392 e. The number of aliphatic hydroxyl groups is 1. The first-order valence-electron chi connectivity index (χ1n) is 8.36. The lowest BCUT2D eigenvalue weighted by molar-refractivity contribution is 0.0197. The van der Waals surface area contributed by atoms with Crippen LogP contribution in [-0.2, 0) is 21.2 Å². The Balaban J connectivity index is 1.61. The molecular formula is C20H22O4S. The average Bonchev–Trinajstić information content (AvgIpc) is 2.64. The fourth-order valence-corrected chi connectivity index (χ4v) is 4.47. The fourth-order valence-electron chi connectivity index (χ4n) is 2.95. The Morgan fingerprint density at radius 2 is 1.64 bits per heavy atom. The Hall–Kier alpha value is -1.95. The summed E-state index contributed by atoms with van der Waals surface area (Å²) in [6, 6.07) is 18.2. The van der Waals surface area contributed by atoms with Gasteiger partial charge in [-0.15, -0.1) is 0 Å². The van der Waals surface area contributed by atoms with E-state index in [1.165, 1.54) is 0 Å². The van der Waals surface area contributed by atoms with Crippen molar-refractivity contribution in [3.8, 4) is 0 Å². The molecular weight excluding hydrogens is 336 g/mol. The van der Waals surface area contributed by atoms with Crippen molar-refractivity contribution in [3.63, 3.8) is 0 Å². The number of ether oxygens (including phenoxy) is 1. The lowest BCUT2D eigenvalue weighted by atomic mass is 9.92. The summed E-state index contributed by atoms with van der Waals surface area (Å²) in [5.41, 5.74) is 1.08. The van der Waals surface area contributed by atoms with E-state index in [-0.39, 0.29) is 17.2 Å². The second-order valence-electron chi connectivity index (χ2n) is 6.25. The number of hydrogen-bond acceptors (Lipinski definition) is 4. The van der Waals surface area contributed by atoms with E-state index in [1.54, 1.807) is 36.4 Å². The normalized spacial score (nSPS) is 20.9. The Labute approximate surface area is 148 Å². The molecule has 0 saturated carbocycles. The Bertz CT molecular complexity index is 813. The van der Waals surface area contributed by atoms with Gasteiger partial charge in [-0.05, 0) is 24.1 Å². The van der Waals surface area contributed by atoms with Crippen molar-refractivity contribution in [2.24, 2.45) is 5.92 Å². The van der Waals surface area contributed by atoms with Crippen LogP contribution in [0.25, 0.3) is 0 Å². The van der Waals surface area contributed by atoms with Crippen molar-refractivity contribution in [2.45, 2.75) is 30.4 Å². The maximum Gasteiger partial charge on any atom is 0.202 e. The van der Waals surface area contributed by atoms with Gasteiger partial charge in [-0.2, -0.15) is 0 Å². The van der Waals surface area contributed by atoms with Crippen molar-refractivity contribution in [2.75, 3.05) is 6.61 Å². The number of rotatable bonds is 6. The molecule has 1 aliphatic rings. The molecule has 2 aromatic carbocycles. The first-order chi connectivity index (χ1) is 12.1. The van der Waals surface area contributed by atoms with Crippen molar-refractivity contribution >= 4 is 9.84 Å². The van der Waals surface area contributed by atoms with Crippen molar-refractivity contribution in [1.29, 1.82) is 0 Å². The molecule has 0 heterocycles. The van der Waals surface area contributed by atoms with E-state index in [2.05, 4.69) is 0 Å². The molecule has 0 amide bonds. The maximum absolute atomic E-state index is 12.6. The summed E-state index contributed by atoms with van der Waals surface area (Å²) in [5.74, 6) is -0.0848. The highest BCUT2D eigenvalue weighted by atomic mass is 32.2. The quantitative estimate of drug-likeness (QED) is 0.860. The number of allylic oxidation sites excluding steroid dienone is 1. The molecule has 2 aromatic rings. The molecule has 0 bridgehead atoms. The highest BCUT2D eigenvalue weighted by Crippen LogP contribution is 2.31. The molecule has 0 fully saturated rings. The van der Waals surface area contributed by atoms with Gasteiger partial charge in [-0.25, -0.2) is 8.42 Å². The Kier molecular flexibility index (Phi) is 5.68. The van der Waals surface area contributed by atoms with E-state index in [4.69, 9.17) is 4.74 Å². The predicted molar refractivity (Wildman–Crippen MR) is 96.5 cm³/mol. The summed E-state index contributed by atoms with van der Waals surface area (Å²) in [6.07, 6.45) is 1.65. The third-order valence-electron chi connectivity index (χ3n) is 4.44. The number of hydrogen-bond donors (Lipinski definition) is 1. The van der Waals surface area contributed by atoms with Crippen LogP contribution >= 0.6 is 0 Å². The van der Waals surface area contributed by atoms with Gasteiger partial charge in [0.2, 0.25) is 9.84 Å². The third kappa shape index (κ3) is 4.37. The van der Waals surface area contributed by atoms with E-state index in [0.29, 0.717) is 24.5 Å². The van der Waals surface area contributed by atoms with Crippen molar-refractivity contribution in [1.82, 2.24) is 0 Å². The molecule has 3 rings (SSSR count). The van der Waals surface area contributed by atoms with Crippen LogP contribution < -0.4 is 0 Å². The van der Waals surface area contributed by atoms with Crippen LogP contribution in [-0.4, -0.2) is 26.2 Å². The van der Waals surface area contributed by atoms with Gasteiger partial charge in [0, 0.05) is 17.2 Å². The zero-order chi connectivity index (χ0) is 17.7. The number of sulfone groups is 1. The summed E-state index contributed by atoms with van der Waals surface area (Å²) in [6.45, 7) is 0.897. The average molecular weight is 358 g/mol. The zero-order valence-electron chi connectivity index (χ0n) is 13.9. The van der Waals surface area contributed by atoms with Crippen LogP contribution in [0.5, 0.6) is 0 Å².